The number of carbonyl (C=O) groups is 1. The lowest BCUT2D eigenvalue weighted by Gasteiger charge is -2.47. The standard InChI is InChI=1S/C24H35NO2/c1-7-10-19-11-9-12-20(16-19)25-24(6)15-13-21(18(3)26)27-22(24)17-23(4,5)14-8-2/h7-9,11-12,16,21-22,25H,1-2,10,13-15,17H2,3-6H3/t21-,22-,24+/m0/s1. The van der Waals surface area contributed by atoms with Crippen molar-refractivity contribution in [3.05, 3.63) is 55.1 Å². The van der Waals surface area contributed by atoms with Crippen molar-refractivity contribution < 1.29 is 9.53 Å². The van der Waals surface area contributed by atoms with E-state index in [0.29, 0.717) is 0 Å². The number of benzene rings is 1. The third-order valence-corrected chi connectivity index (χ3v) is 5.59. The summed E-state index contributed by atoms with van der Waals surface area (Å²) in [4.78, 5) is 12.0. The predicted molar refractivity (Wildman–Crippen MR) is 114 cm³/mol. The molecule has 0 aliphatic carbocycles. The van der Waals surface area contributed by atoms with Crippen LogP contribution in [0.1, 0.15) is 58.9 Å². The number of allylic oxidation sites excluding steroid dienone is 2. The number of ether oxygens (including phenoxy) is 1. The molecule has 0 amide bonds. The van der Waals surface area contributed by atoms with Crippen molar-refractivity contribution in [1.82, 2.24) is 0 Å². The van der Waals surface area contributed by atoms with Crippen molar-refractivity contribution in [3.63, 3.8) is 0 Å². The molecule has 1 saturated heterocycles. The van der Waals surface area contributed by atoms with Gasteiger partial charge in [0.15, 0.2) is 5.78 Å². The number of nitrogens with one attached hydrogen (secondary N) is 1. The molecule has 0 unspecified atom stereocenters. The van der Waals surface area contributed by atoms with Crippen LogP contribution in [0.5, 0.6) is 0 Å². The van der Waals surface area contributed by atoms with Gasteiger partial charge < -0.3 is 10.1 Å². The van der Waals surface area contributed by atoms with E-state index in [1.165, 1.54) is 5.56 Å². The molecule has 1 aliphatic rings. The first kappa shape index (κ1) is 21.4. The summed E-state index contributed by atoms with van der Waals surface area (Å²) in [6.45, 7) is 16.0. The van der Waals surface area contributed by atoms with Crippen LogP contribution in [0.4, 0.5) is 5.69 Å². The first-order valence-corrected chi connectivity index (χ1v) is 9.94. The highest BCUT2D eigenvalue weighted by Crippen LogP contribution is 2.40. The second-order valence-electron chi connectivity index (χ2n) is 8.86. The molecule has 27 heavy (non-hydrogen) atoms. The van der Waals surface area contributed by atoms with Crippen LogP contribution in [0.2, 0.25) is 0 Å². The van der Waals surface area contributed by atoms with Gasteiger partial charge in [-0.1, -0.05) is 38.1 Å². The van der Waals surface area contributed by atoms with Gasteiger partial charge in [-0.15, -0.1) is 13.2 Å². The highest BCUT2D eigenvalue weighted by atomic mass is 16.5. The summed E-state index contributed by atoms with van der Waals surface area (Å²) in [7, 11) is 0. The number of rotatable bonds is 9. The fourth-order valence-electron chi connectivity index (χ4n) is 3.97. The number of hydrogen-bond acceptors (Lipinski definition) is 3. The van der Waals surface area contributed by atoms with E-state index in [9.17, 15) is 4.79 Å². The van der Waals surface area contributed by atoms with Gasteiger partial charge in [-0.2, -0.15) is 0 Å². The molecular formula is C24H35NO2. The van der Waals surface area contributed by atoms with Gasteiger partial charge in [-0.25, -0.2) is 0 Å². The number of Topliss-reactive ketones (excluding diaryl/α,β-unsaturated/α-hetero) is 1. The van der Waals surface area contributed by atoms with Crippen LogP contribution in [-0.2, 0) is 16.0 Å². The summed E-state index contributed by atoms with van der Waals surface area (Å²) in [6.07, 6.45) is 7.85. The van der Waals surface area contributed by atoms with Crippen molar-refractivity contribution in [2.45, 2.75) is 77.5 Å². The molecule has 1 fully saturated rings. The van der Waals surface area contributed by atoms with Crippen LogP contribution >= 0.6 is 0 Å². The van der Waals surface area contributed by atoms with Gasteiger partial charge in [0.1, 0.15) is 6.10 Å². The minimum Gasteiger partial charge on any atom is -0.377 e. The number of ketones is 1. The fourth-order valence-corrected chi connectivity index (χ4v) is 3.97. The fraction of sp³-hybridized carbons (Fsp3) is 0.542. The third-order valence-electron chi connectivity index (χ3n) is 5.59. The normalized spacial score (nSPS) is 25.6. The van der Waals surface area contributed by atoms with E-state index in [4.69, 9.17) is 4.74 Å². The number of anilines is 1. The Morgan fingerprint density at radius 3 is 2.74 bits per heavy atom. The molecule has 0 aromatic heterocycles. The van der Waals surface area contributed by atoms with Crippen LogP contribution < -0.4 is 5.32 Å². The average Bonchev–Trinajstić information content (AvgIpc) is 2.57. The van der Waals surface area contributed by atoms with Gasteiger partial charge in [-0.05, 0) is 69.1 Å². The quantitative estimate of drug-likeness (QED) is 0.566. The second-order valence-corrected chi connectivity index (χ2v) is 8.86. The van der Waals surface area contributed by atoms with Crippen molar-refractivity contribution in [1.29, 1.82) is 0 Å². The zero-order valence-electron chi connectivity index (χ0n) is 17.4. The van der Waals surface area contributed by atoms with Gasteiger partial charge in [0.25, 0.3) is 0 Å². The minimum atomic E-state index is -0.295. The summed E-state index contributed by atoms with van der Waals surface area (Å²) in [5.74, 6) is 0.122. The molecule has 0 bridgehead atoms. The molecule has 3 atom stereocenters. The number of carbonyl (C=O) groups excluding carboxylic acids is 1. The maximum atomic E-state index is 12.0. The highest BCUT2D eigenvalue weighted by Gasteiger charge is 2.44. The molecule has 3 nitrogen and oxygen atoms in total. The van der Waals surface area contributed by atoms with E-state index >= 15 is 0 Å². The zero-order chi connectivity index (χ0) is 20.1. The van der Waals surface area contributed by atoms with Crippen LogP contribution in [-0.4, -0.2) is 23.5 Å². The Labute approximate surface area is 164 Å². The highest BCUT2D eigenvalue weighted by molar-refractivity contribution is 5.80. The molecular weight excluding hydrogens is 334 g/mol. The van der Waals surface area contributed by atoms with Gasteiger partial charge >= 0.3 is 0 Å². The average molecular weight is 370 g/mol. The lowest BCUT2D eigenvalue weighted by atomic mass is 9.74. The monoisotopic (exact) mass is 369 g/mol. The molecule has 3 heteroatoms. The molecule has 0 radical (unpaired) electrons. The van der Waals surface area contributed by atoms with E-state index < -0.39 is 0 Å². The molecule has 1 aromatic rings. The Morgan fingerprint density at radius 2 is 2.11 bits per heavy atom. The van der Waals surface area contributed by atoms with Crippen molar-refractivity contribution in [3.8, 4) is 0 Å². The molecule has 148 valence electrons. The van der Waals surface area contributed by atoms with Gasteiger partial charge in [0.05, 0.1) is 11.6 Å². The molecule has 0 saturated carbocycles. The summed E-state index contributed by atoms with van der Waals surface area (Å²) in [5.41, 5.74) is 2.17. The van der Waals surface area contributed by atoms with Crippen molar-refractivity contribution in [2.75, 3.05) is 5.32 Å². The maximum Gasteiger partial charge on any atom is 0.158 e. The molecule has 1 aliphatic heterocycles. The van der Waals surface area contributed by atoms with Gasteiger partial charge in [0.2, 0.25) is 0 Å². The topological polar surface area (TPSA) is 38.3 Å². The van der Waals surface area contributed by atoms with E-state index in [0.717, 1.165) is 37.8 Å². The molecule has 1 heterocycles. The Kier molecular flexibility index (Phi) is 7.05. The van der Waals surface area contributed by atoms with Crippen molar-refractivity contribution >= 4 is 11.5 Å². The summed E-state index contributed by atoms with van der Waals surface area (Å²) >= 11 is 0. The summed E-state index contributed by atoms with van der Waals surface area (Å²) in [5, 5.41) is 3.73. The van der Waals surface area contributed by atoms with Gasteiger partial charge in [0, 0.05) is 5.69 Å². The molecule has 0 spiro atoms. The van der Waals surface area contributed by atoms with Crippen LogP contribution in [0, 0.1) is 5.41 Å². The Morgan fingerprint density at radius 1 is 1.37 bits per heavy atom. The second kappa shape index (κ2) is 8.88. The van der Waals surface area contributed by atoms with E-state index in [1.54, 1.807) is 6.92 Å². The first-order chi connectivity index (χ1) is 12.7. The van der Waals surface area contributed by atoms with E-state index in [2.05, 4.69) is 63.5 Å². The molecule has 2 rings (SSSR count). The SMILES string of the molecule is C=CCc1cccc(N[C@]2(C)CC[C@@H](C(C)=O)O[C@H]2CC(C)(C)CC=C)c1. The van der Waals surface area contributed by atoms with Crippen LogP contribution in [0.25, 0.3) is 0 Å². The molecule has 1 N–H and O–H groups in total. The smallest absolute Gasteiger partial charge is 0.158 e. The first-order valence-electron chi connectivity index (χ1n) is 9.94. The number of hydrogen-bond donors (Lipinski definition) is 1. The lowest BCUT2D eigenvalue weighted by Crippen LogP contribution is -2.55. The van der Waals surface area contributed by atoms with Crippen molar-refractivity contribution in [2.24, 2.45) is 5.41 Å². The molecule has 1 aromatic carbocycles. The summed E-state index contributed by atoms with van der Waals surface area (Å²) in [6, 6.07) is 8.46. The van der Waals surface area contributed by atoms with E-state index in [-0.39, 0.29) is 28.9 Å². The summed E-state index contributed by atoms with van der Waals surface area (Å²) < 4.78 is 6.33. The van der Waals surface area contributed by atoms with Gasteiger partial charge in [-0.3, -0.25) is 4.79 Å². The Balaban J connectivity index is 2.25. The predicted octanol–water partition coefficient (Wildman–Crippen LogP) is 5.71. The van der Waals surface area contributed by atoms with Crippen LogP contribution in [0.15, 0.2) is 49.6 Å². The van der Waals surface area contributed by atoms with Crippen LogP contribution in [0.3, 0.4) is 0 Å². The maximum absolute atomic E-state index is 12.0. The zero-order valence-corrected chi connectivity index (χ0v) is 17.4. The largest absolute Gasteiger partial charge is 0.377 e. The minimum absolute atomic E-state index is 0.0434. The lowest BCUT2D eigenvalue weighted by molar-refractivity contribution is -0.145. The van der Waals surface area contributed by atoms with E-state index in [1.807, 2.05) is 12.2 Å². The Bertz CT molecular complexity index is 679. The third kappa shape index (κ3) is 5.80. The Hall–Kier alpha value is -1.87.